The molecule has 5 heteroatoms. The summed E-state index contributed by atoms with van der Waals surface area (Å²) in [6.07, 6.45) is 1.65. The molecule has 0 N–H and O–H groups in total. The number of rotatable bonds is 5. The van der Waals surface area contributed by atoms with E-state index in [1.807, 2.05) is 43.1 Å². The second-order valence-electron chi connectivity index (χ2n) is 4.23. The van der Waals surface area contributed by atoms with Crippen molar-refractivity contribution in [3.63, 3.8) is 0 Å². The molecule has 0 aliphatic heterocycles. The van der Waals surface area contributed by atoms with E-state index in [2.05, 4.69) is 4.98 Å². The van der Waals surface area contributed by atoms with Crippen LogP contribution in [0, 0.1) is 0 Å². The molecule has 0 aliphatic carbocycles. The monoisotopic (exact) mass is 294 g/mol. The van der Waals surface area contributed by atoms with Gasteiger partial charge in [-0.1, -0.05) is 48.1 Å². The van der Waals surface area contributed by atoms with Crippen molar-refractivity contribution < 1.29 is 4.79 Å². The minimum atomic E-state index is 0.675. The Balaban J connectivity index is 2.20. The van der Waals surface area contributed by atoms with Crippen molar-refractivity contribution in [2.75, 3.05) is 11.9 Å². The Labute approximate surface area is 121 Å². The van der Waals surface area contributed by atoms with Crippen molar-refractivity contribution in [2.45, 2.75) is 19.9 Å². The number of anilines is 1. The fourth-order valence-electron chi connectivity index (χ4n) is 1.81. The van der Waals surface area contributed by atoms with Crippen molar-refractivity contribution in [2.24, 2.45) is 0 Å². The van der Waals surface area contributed by atoms with Crippen LogP contribution in [0.4, 0.5) is 5.13 Å². The Morgan fingerprint density at radius 3 is 2.74 bits per heavy atom. The zero-order valence-corrected chi connectivity index (χ0v) is 12.5. The van der Waals surface area contributed by atoms with Gasteiger partial charge < -0.3 is 4.90 Å². The number of nitrogens with zero attached hydrogens (tertiary/aromatic N) is 2. The second kappa shape index (κ2) is 6.17. The van der Waals surface area contributed by atoms with Crippen molar-refractivity contribution in [3.8, 4) is 0 Å². The van der Waals surface area contributed by atoms with Gasteiger partial charge in [-0.25, -0.2) is 4.98 Å². The summed E-state index contributed by atoms with van der Waals surface area (Å²) < 4.78 is 0. The predicted octanol–water partition coefficient (Wildman–Crippen LogP) is 3.81. The van der Waals surface area contributed by atoms with Crippen LogP contribution in [0.3, 0.4) is 0 Å². The van der Waals surface area contributed by atoms with Crippen LogP contribution in [0.5, 0.6) is 0 Å². The van der Waals surface area contributed by atoms with Crippen LogP contribution in [-0.4, -0.2) is 18.3 Å². The molecule has 0 saturated heterocycles. The predicted molar refractivity (Wildman–Crippen MR) is 80.4 cm³/mol. The number of aldehydes is 1. The van der Waals surface area contributed by atoms with Gasteiger partial charge in [-0.2, -0.15) is 0 Å². The van der Waals surface area contributed by atoms with E-state index in [-0.39, 0.29) is 0 Å². The summed E-state index contributed by atoms with van der Waals surface area (Å²) in [4.78, 5) is 18.2. The lowest BCUT2D eigenvalue weighted by Gasteiger charge is -2.16. The SMILES string of the molecule is CCc1nc(N(C)Cc2ccccc2Cl)sc1C=O. The van der Waals surface area contributed by atoms with E-state index >= 15 is 0 Å². The van der Waals surface area contributed by atoms with Gasteiger partial charge in [-0.3, -0.25) is 4.79 Å². The summed E-state index contributed by atoms with van der Waals surface area (Å²) in [6.45, 7) is 2.68. The number of carbonyl (C=O) groups excluding carboxylic acids is 1. The highest BCUT2D eigenvalue weighted by Gasteiger charge is 2.13. The molecule has 0 amide bonds. The molecule has 1 heterocycles. The molecule has 2 aromatic rings. The molecule has 0 spiro atoms. The van der Waals surface area contributed by atoms with Gasteiger partial charge >= 0.3 is 0 Å². The molecular formula is C14H15ClN2OS. The summed E-state index contributed by atoms with van der Waals surface area (Å²) in [5.41, 5.74) is 1.91. The maximum atomic E-state index is 11.0. The van der Waals surface area contributed by atoms with Crippen LogP contribution in [0.25, 0.3) is 0 Å². The Bertz CT molecular complexity index is 583. The normalized spacial score (nSPS) is 10.5. The van der Waals surface area contributed by atoms with E-state index in [0.29, 0.717) is 11.4 Å². The zero-order valence-electron chi connectivity index (χ0n) is 10.9. The van der Waals surface area contributed by atoms with Crippen LogP contribution in [-0.2, 0) is 13.0 Å². The smallest absolute Gasteiger partial charge is 0.186 e. The van der Waals surface area contributed by atoms with Crippen LogP contribution >= 0.6 is 22.9 Å². The van der Waals surface area contributed by atoms with Crippen LogP contribution in [0.15, 0.2) is 24.3 Å². The number of halogens is 1. The second-order valence-corrected chi connectivity index (χ2v) is 5.64. The van der Waals surface area contributed by atoms with Gasteiger partial charge in [0.25, 0.3) is 0 Å². The van der Waals surface area contributed by atoms with Crippen molar-refractivity contribution >= 4 is 34.4 Å². The number of aryl methyl sites for hydroxylation is 1. The fourth-order valence-corrected chi connectivity index (χ4v) is 2.93. The fraction of sp³-hybridized carbons (Fsp3) is 0.286. The van der Waals surface area contributed by atoms with Crippen LogP contribution in [0.1, 0.15) is 27.9 Å². The molecule has 1 aromatic heterocycles. The molecule has 0 atom stereocenters. The number of aromatic nitrogens is 1. The third-order valence-corrected chi connectivity index (χ3v) is 4.36. The number of hydrogen-bond donors (Lipinski definition) is 0. The van der Waals surface area contributed by atoms with Gasteiger partial charge in [0.05, 0.1) is 10.6 Å². The van der Waals surface area contributed by atoms with Crippen LogP contribution in [0.2, 0.25) is 5.02 Å². The maximum absolute atomic E-state index is 11.0. The van der Waals surface area contributed by atoms with Crippen molar-refractivity contribution in [1.82, 2.24) is 4.98 Å². The van der Waals surface area contributed by atoms with Gasteiger partial charge in [0, 0.05) is 18.6 Å². The first kappa shape index (κ1) is 14.0. The first-order valence-corrected chi connectivity index (χ1v) is 7.24. The first-order chi connectivity index (χ1) is 9.15. The quantitative estimate of drug-likeness (QED) is 0.786. The summed E-state index contributed by atoms with van der Waals surface area (Å²) in [7, 11) is 1.95. The average molecular weight is 295 g/mol. The summed E-state index contributed by atoms with van der Waals surface area (Å²) in [5.74, 6) is 0. The summed E-state index contributed by atoms with van der Waals surface area (Å²) in [5, 5.41) is 1.59. The lowest BCUT2D eigenvalue weighted by atomic mass is 10.2. The lowest BCUT2D eigenvalue weighted by Crippen LogP contribution is -2.16. The number of thiazole rings is 1. The molecular weight excluding hydrogens is 280 g/mol. The molecule has 3 nitrogen and oxygen atoms in total. The molecule has 0 aliphatic rings. The molecule has 0 bridgehead atoms. The van der Waals surface area contributed by atoms with E-state index in [4.69, 9.17) is 11.6 Å². The van der Waals surface area contributed by atoms with Gasteiger partial charge in [-0.15, -0.1) is 0 Å². The Morgan fingerprint density at radius 1 is 1.42 bits per heavy atom. The van der Waals surface area contributed by atoms with E-state index < -0.39 is 0 Å². The number of benzene rings is 1. The van der Waals surface area contributed by atoms with E-state index in [9.17, 15) is 4.79 Å². The highest BCUT2D eigenvalue weighted by Crippen LogP contribution is 2.27. The molecule has 0 fully saturated rings. The number of hydrogen-bond acceptors (Lipinski definition) is 4. The van der Waals surface area contributed by atoms with Gasteiger partial charge in [0.2, 0.25) is 0 Å². The molecule has 19 heavy (non-hydrogen) atoms. The average Bonchev–Trinajstić information content (AvgIpc) is 2.84. The van der Waals surface area contributed by atoms with Crippen LogP contribution < -0.4 is 4.90 Å². The van der Waals surface area contributed by atoms with E-state index in [1.165, 1.54) is 11.3 Å². The molecule has 0 saturated carbocycles. The van der Waals surface area contributed by atoms with Crippen molar-refractivity contribution in [3.05, 3.63) is 45.4 Å². The molecule has 2 rings (SSSR count). The number of carbonyl (C=O) groups is 1. The molecule has 0 radical (unpaired) electrons. The third kappa shape index (κ3) is 3.14. The summed E-state index contributed by atoms with van der Waals surface area (Å²) in [6, 6.07) is 7.74. The molecule has 0 unspecified atom stereocenters. The first-order valence-electron chi connectivity index (χ1n) is 6.05. The lowest BCUT2D eigenvalue weighted by molar-refractivity contribution is 0.112. The highest BCUT2D eigenvalue weighted by molar-refractivity contribution is 7.17. The Morgan fingerprint density at radius 2 is 2.16 bits per heavy atom. The molecule has 1 aromatic carbocycles. The van der Waals surface area contributed by atoms with Gasteiger partial charge in [0.1, 0.15) is 0 Å². The van der Waals surface area contributed by atoms with Gasteiger partial charge in [-0.05, 0) is 18.1 Å². The minimum Gasteiger partial charge on any atom is -0.347 e. The minimum absolute atomic E-state index is 0.675. The molecule has 100 valence electrons. The Hall–Kier alpha value is -1.39. The highest BCUT2D eigenvalue weighted by atomic mass is 35.5. The van der Waals surface area contributed by atoms with E-state index in [1.54, 1.807) is 0 Å². The standard InChI is InChI=1S/C14H15ClN2OS/c1-3-12-13(9-18)19-14(16-12)17(2)8-10-6-4-5-7-11(10)15/h4-7,9H,3,8H2,1-2H3. The third-order valence-electron chi connectivity index (χ3n) is 2.85. The largest absolute Gasteiger partial charge is 0.347 e. The Kier molecular flexibility index (Phi) is 4.56. The zero-order chi connectivity index (χ0) is 13.8. The summed E-state index contributed by atoms with van der Waals surface area (Å²) >= 11 is 7.57. The maximum Gasteiger partial charge on any atom is 0.186 e. The van der Waals surface area contributed by atoms with Crippen molar-refractivity contribution in [1.29, 1.82) is 0 Å². The van der Waals surface area contributed by atoms with E-state index in [0.717, 1.165) is 34.1 Å². The topological polar surface area (TPSA) is 33.2 Å². The van der Waals surface area contributed by atoms with Gasteiger partial charge in [0.15, 0.2) is 11.4 Å².